The Labute approximate surface area is 168 Å². The van der Waals surface area contributed by atoms with Crippen molar-refractivity contribution in [1.82, 2.24) is 15.0 Å². The van der Waals surface area contributed by atoms with Gasteiger partial charge in [-0.05, 0) is 55.2 Å². The third kappa shape index (κ3) is 4.22. The van der Waals surface area contributed by atoms with Crippen LogP contribution in [0.2, 0.25) is 5.02 Å². The number of H-pyrrole nitrogens is 1. The third-order valence-electron chi connectivity index (χ3n) is 4.76. The number of amides is 1. The summed E-state index contributed by atoms with van der Waals surface area (Å²) in [7, 11) is -3.87. The number of carbonyl (C=O) groups is 1. The number of benzene rings is 2. The summed E-state index contributed by atoms with van der Waals surface area (Å²) in [5.74, 6) is -0.315. The molecular formula is C20H20ClN3O3S. The van der Waals surface area contributed by atoms with Gasteiger partial charge in [0.05, 0.1) is 4.90 Å². The predicted octanol–water partition coefficient (Wildman–Crippen LogP) is 2.99. The Balaban J connectivity index is 1.61. The molecular weight excluding hydrogens is 398 g/mol. The molecule has 0 spiro atoms. The van der Waals surface area contributed by atoms with Crippen LogP contribution >= 0.6 is 11.6 Å². The summed E-state index contributed by atoms with van der Waals surface area (Å²) in [6.07, 6.45) is 3.92. The fourth-order valence-electron chi connectivity index (χ4n) is 3.11. The minimum atomic E-state index is -3.87. The largest absolute Gasteiger partial charge is 0.361 e. The molecule has 1 aliphatic carbocycles. The molecule has 0 aliphatic heterocycles. The van der Waals surface area contributed by atoms with E-state index in [-0.39, 0.29) is 23.3 Å². The van der Waals surface area contributed by atoms with Crippen LogP contribution in [-0.4, -0.2) is 31.4 Å². The average molecular weight is 418 g/mol. The Morgan fingerprint density at radius 3 is 2.57 bits per heavy atom. The van der Waals surface area contributed by atoms with Crippen molar-refractivity contribution in [3.8, 4) is 0 Å². The van der Waals surface area contributed by atoms with Crippen molar-refractivity contribution >= 4 is 38.4 Å². The number of aromatic amines is 1. The van der Waals surface area contributed by atoms with Crippen LogP contribution < -0.4 is 10.0 Å². The van der Waals surface area contributed by atoms with Crippen LogP contribution in [0, 0.1) is 0 Å². The van der Waals surface area contributed by atoms with Crippen molar-refractivity contribution in [3.05, 3.63) is 65.3 Å². The predicted molar refractivity (Wildman–Crippen MR) is 109 cm³/mol. The molecule has 1 atom stereocenters. The van der Waals surface area contributed by atoms with E-state index in [2.05, 4.69) is 15.0 Å². The molecule has 4 rings (SSSR count). The molecule has 146 valence electrons. The lowest BCUT2D eigenvalue weighted by Crippen LogP contribution is -2.48. The Morgan fingerprint density at radius 1 is 1.14 bits per heavy atom. The Kier molecular flexibility index (Phi) is 5.14. The van der Waals surface area contributed by atoms with Gasteiger partial charge < -0.3 is 10.3 Å². The first-order chi connectivity index (χ1) is 13.4. The maximum absolute atomic E-state index is 12.8. The molecule has 3 N–H and O–H groups in total. The van der Waals surface area contributed by atoms with Crippen LogP contribution in [0.15, 0.2) is 59.6 Å². The standard InChI is InChI=1S/C20H20ClN3O3S/c21-14-5-9-16(10-6-14)28(26,27)24-19(20(25)23-15-7-8-15)11-13-12-22-18-4-2-1-3-17(13)18/h1-6,9-10,12,15,19,22,24H,7-8,11H2,(H,23,25)/t19-/m0/s1. The molecule has 3 aromatic rings. The number of sulfonamides is 1. The van der Waals surface area contributed by atoms with Crippen molar-refractivity contribution in [2.45, 2.75) is 36.2 Å². The maximum Gasteiger partial charge on any atom is 0.241 e. The zero-order chi connectivity index (χ0) is 19.7. The smallest absolute Gasteiger partial charge is 0.241 e. The highest BCUT2D eigenvalue weighted by atomic mass is 35.5. The van der Waals surface area contributed by atoms with E-state index >= 15 is 0 Å². The van der Waals surface area contributed by atoms with Gasteiger partial charge in [-0.3, -0.25) is 4.79 Å². The van der Waals surface area contributed by atoms with Crippen molar-refractivity contribution in [2.24, 2.45) is 0 Å². The molecule has 6 nitrogen and oxygen atoms in total. The molecule has 1 amide bonds. The monoisotopic (exact) mass is 417 g/mol. The SMILES string of the molecule is O=C(NC1CC1)[C@H](Cc1c[nH]c2ccccc12)NS(=O)(=O)c1ccc(Cl)cc1. The van der Waals surface area contributed by atoms with Gasteiger partial charge in [0, 0.05) is 28.2 Å². The van der Waals surface area contributed by atoms with Crippen LogP contribution in [0.3, 0.4) is 0 Å². The summed E-state index contributed by atoms with van der Waals surface area (Å²) in [6.45, 7) is 0. The van der Waals surface area contributed by atoms with Gasteiger partial charge in [0.25, 0.3) is 0 Å². The molecule has 1 saturated carbocycles. The zero-order valence-corrected chi connectivity index (χ0v) is 16.6. The fourth-order valence-corrected chi connectivity index (χ4v) is 4.43. The zero-order valence-electron chi connectivity index (χ0n) is 15.0. The summed E-state index contributed by atoms with van der Waals surface area (Å²) in [6, 6.07) is 12.8. The second kappa shape index (κ2) is 7.58. The number of hydrogen-bond donors (Lipinski definition) is 3. The minimum Gasteiger partial charge on any atom is -0.361 e. The van der Waals surface area contributed by atoms with E-state index in [1.54, 1.807) is 0 Å². The minimum absolute atomic E-state index is 0.0695. The number of rotatable bonds is 7. The molecule has 1 heterocycles. The normalized spacial score (nSPS) is 15.5. The van der Waals surface area contributed by atoms with E-state index in [4.69, 9.17) is 11.6 Å². The van der Waals surface area contributed by atoms with E-state index in [0.717, 1.165) is 29.3 Å². The first kappa shape index (κ1) is 19.0. The second-order valence-electron chi connectivity index (χ2n) is 6.97. The summed E-state index contributed by atoms with van der Waals surface area (Å²) >= 11 is 5.85. The highest BCUT2D eigenvalue weighted by molar-refractivity contribution is 7.89. The lowest BCUT2D eigenvalue weighted by atomic mass is 10.1. The van der Waals surface area contributed by atoms with Crippen LogP contribution in [0.4, 0.5) is 0 Å². The summed E-state index contributed by atoms with van der Waals surface area (Å²) < 4.78 is 28.2. The number of fused-ring (bicyclic) bond motifs is 1. The quantitative estimate of drug-likeness (QED) is 0.552. The molecule has 8 heteroatoms. The van der Waals surface area contributed by atoms with E-state index in [1.807, 2.05) is 30.5 Å². The average Bonchev–Trinajstić information content (AvgIpc) is 3.40. The van der Waals surface area contributed by atoms with Crippen LogP contribution in [-0.2, 0) is 21.2 Å². The topological polar surface area (TPSA) is 91.1 Å². The van der Waals surface area contributed by atoms with E-state index in [0.29, 0.717) is 5.02 Å². The molecule has 0 bridgehead atoms. The number of hydrogen-bond acceptors (Lipinski definition) is 3. The Hall–Kier alpha value is -2.35. The number of para-hydroxylation sites is 1. The third-order valence-corrected chi connectivity index (χ3v) is 6.50. The van der Waals surface area contributed by atoms with Gasteiger partial charge in [-0.2, -0.15) is 4.72 Å². The molecule has 1 fully saturated rings. The second-order valence-corrected chi connectivity index (χ2v) is 9.12. The molecule has 0 radical (unpaired) electrons. The van der Waals surface area contributed by atoms with Gasteiger partial charge in [-0.1, -0.05) is 29.8 Å². The van der Waals surface area contributed by atoms with E-state index < -0.39 is 16.1 Å². The summed E-state index contributed by atoms with van der Waals surface area (Å²) in [5.41, 5.74) is 1.82. The number of halogens is 1. The van der Waals surface area contributed by atoms with E-state index in [9.17, 15) is 13.2 Å². The molecule has 28 heavy (non-hydrogen) atoms. The van der Waals surface area contributed by atoms with Crippen molar-refractivity contribution in [3.63, 3.8) is 0 Å². The Bertz CT molecular complexity index is 1110. The lowest BCUT2D eigenvalue weighted by molar-refractivity contribution is -0.122. The highest BCUT2D eigenvalue weighted by Gasteiger charge is 2.31. The number of aromatic nitrogens is 1. The summed E-state index contributed by atoms with van der Waals surface area (Å²) in [5, 5.41) is 4.32. The van der Waals surface area contributed by atoms with Crippen molar-refractivity contribution in [2.75, 3.05) is 0 Å². The van der Waals surface area contributed by atoms with Crippen LogP contribution in [0.5, 0.6) is 0 Å². The maximum atomic E-state index is 12.8. The lowest BCUT2D eigenvalue weighted by Gasteiger charge is -2.18. The number of carbonyl (C=O) groups excluding carboxylic acids is 1. The molecule has 0 unspecified atom stereocenters. The van der Waals surface area contributed by atoms with Crippen molar-refractivity contribution in [1.29, 1.82) is 0 Å². The first-order valence-corrected chi connectivity index (χ1v) is 10.9. The van der Waals surface area contributed by atoms with Gasteiger partial charge in [0.2, 0.25) is 15.9 Å². The van der Waals surface area contributed by atoms with Crippen LogP contribution in [0.25, 0.3) is 10.9 Å². The highest BCUT2D eigenvalue weighted by Crippen LogP contribution is 2.22. The van der Waals surface area contributed by atoms with Gasteiger partial charge in [0.15, 0.2) is 0 Å². The van der Waals surface area contributed by atoms with Crippen LogP contribution in [0.1, 0.15) is 18.4 Å². The van der Waals surface area contributed by atoms with Gasteiger partial charge >= 0.3 is 0 Å². The van der Waals surface area contributed by atoms with Gasteiger partial charge in [0.1, 0.15) is 6.04 Å². The molecule has 1 aromatic heterocycles. The molecule has 2 aromatic carbocycles. The first-order valence-electron chi connectivity index (χ1n) is 9.06. The Morgan fingerprint density at radius 2 is 1.86 bits per heavy atom. The molecule has 1 aliphatic rings. The van der Waals surface area contributed by atoms with E-state index in [1.165, 1.54) is 24.3 Å². The molecule has 0 saturated heterocycles. The van der Waals surface area contributed by atoms with Crippen molar-refractivity contribution < 1.29 is 13.2 Å². The van der Waals surface area contributed by atoms with Gasteiger partial charge in [-0.25, -0.2) is 8.42 Å². The van der Waals surface area contributed by atoms with Gasteiger partial charge in [-0.15, -0.1) is 0 Å². The fraction of sp³-hybridized carbons (Fsp3) is 0.250. The number of nitrogens with one attached hydrogen (secondary N) is 3. The summed E-state index contributed by atoms with van der Waals surface area (Å²) in [4.78, 5) is 16.0.